The van der Waals surface area contributed by atoms with Gasteiger partial charge in [-0.15, -0.1) is 11.8 Å². The molecule has 8 nitrogen and oxygen atoms in total. The zero-order valence-corrected chi connectivity index (χ0v) is 18.0. The van der Waals surface area contributed by atoms with Crippen LogP contribution in [0.1, 0.15) is 29.8 Å². The largest absolute Gasteiger partial charge is 0.332 e. The average Bonchev–Trinajstić information content (AvgIpc) is 2.74. The van der Waals surface area contributed by atoms with E-state index in [4.69, 9.17) is 0 Å². The van der Waals surface area contributed by atoms with Crippen LogP contribution in [0.2, 0.25) is 0 Å². The lowest BCUT2D eigenvalue weighted by molar-refractivity contribution is -0.113. The highest BCUT2D eigenvalue weighted by atomic mass is 32.2. The van der Waals surface area contributed by atoms with Crippen molar-refractivity contribution in [3.05, 3.63) is 62.4 Å². The zero-order chi connectivity index (χ0) is 22.0. The van der Waals surface area contributed by atoms with E-state index in [-0.39, 0.29) is 17.4 Å². The molecule has 30 heavy (non-hydrogen) atoms. The number of fused-ring (bicyclic) bond motifs is 1. The molecule has 0 saturated heterocycles. The maximum atomic E-state index is 12.8. The third-order valence-corrected chi connectivity index (χ3v) is 5.96. The van der Waals surface area contributed by atoms with Gasteiger partial charge in [-0.05, 0) is 43.2 Å². The molecule has 0 bridgehead atoms. The van der Waals surface area contributed by atoms with Crippen LogP contribution in [0, 0.1) is 0 Å². The molecular formula is C21H22N4O4S. The number of aromatic nitrogens is 3. The molecule has 1 aromatic carbocycles. The van der Waals surface area contributed by atoms with Crippen LogP contribution >= 0.6 is 11.8 Å². The molecule has 3 rings (SSSR count). The SMILES string of the molecule is CCc1cnc2c(c1SCC(=O)Nc1ccc(C(C)=O)cc1)c(=O)n(C)c(=O)n2C. The van der Waals surface area contributed by atoms with Gasteiger partial charge in [0.05, 0.1) is 11.1 Å². The van der Waals surface area contributed by atoms with E-state index in [0.717, 1.165) is 10.1 Å². The number of hydrogen-bond acceptors (Lipinski definition) is 6. The van der Waals surface area contributed by atoms with E-state index in [1.807, 2.05) is 6.92 Å². The van der Waals surface area contributed by atoms with Crippen molar-refractivity contribution in [2.24, 2.45) is 14.1 Å². The van der Waals surface area contributed by atoms with Gasteiger partial charge in [0, 0.05) is 36.4 Å². The fourth-order valence-corrected chi connectivity index (χ4v) is 4.13. The number of pyridine rings is 1. The summed E-state index contributed by atoms with van der Waals surface area (Å²) < 4.78 is 2.38. The second kappa shape index (κ2) is 8.66. The van der Waals surface area contributed by atoms with Gasteiger partial charge < -0.3 is 5.32 Å². The summed E-state index contributed by atoms with van der Waals surface area (Å²) in [6.07, 6.45) is 2.27. The minimum atomic E-state index is -0.452. The molecule has 0 aliphatic heterocycles. The second-order valence-electron chi connectivity index (χ2n) is 6.84. The van der Waals surface area contributed by atoms with Crippen molar-refractivity contribution in [1.29, 1.82) is 0 Å². The molecule has 156 valence electrons. The summed E-state index contributed by atoms with van der Waals surface area (Å²) in [7, 11) is 2.99. The smallest absolute Gasteiger partial charge is 0.325 e. The first-order valence-corrected chi connectivity index (χ1v) is 10.3. The number of aryl methyl sites for hydroxylation is 2. The first kappa shape index (κ1) is 21.5. The quantitative estimate of drug-likeness (QED) is 0.478. The molecule has 2 heterocycles. The molecule has 9 heteroatoms. The number of anilines is 1. The van der Waals surface area contributed by atoms with E-state index in [9.17, 15) is 19.2 Å². The van der Waals surface area contributed by atoms with Crippen molar-refractivity contribution in [1.82, 2.24) is 14.1 Å². The van der Waals surface area contributed by atoms with Gasteiger partial charge in [-0.2, -0.15) is 0 Å². The predicted octanol–water partition coefficient (Wildman–Crippen LogP) is 2.13. The number of carbonyl (C=O) groups is 2. The van der Waals surface area contributed by atoms with Gasteiger partial charge in [-0.3, -0.25) is 23.5 Å². The molecule has 0 aliphatic carbocycles. The summed E-state index contributed by atoms with van der Waals surface area (Å²) in [5, 5.41) is 3.12. The number of thioether (sulfide) groups is 1. The Kier molecular flexibility index (Phi) is 6.21. The summed E-state index contributed by atoms with van der Waals surface area (Å²) in [5.74, 6) is -0.215. The Morgan fingerprint density at radius 1 is 1.10 bits per heavy atom. The molecule has 0 spiro atoms. The first-order chi connectivity index (χ1) is 14.2. The molecule has 0 radical (unpaired) electrons. The summed E-state index contributed by atoms with van der Waals surface area (Å²) in [6, 6.07) is 6.65. The fraction of sp³-hybridized carbons (Fsp3) is 0.286. The molecule has 1 amide bonds. The van der Waals surface area contributed by atoms with Gasteiger partial charge in [-0.1, -0.05) is 6.92 Å². The monoisotopic (exact) mass is 426 g/mol. The number of nitrogens with zero attached hydrogens (tertiary/aromatic N) is 3. The van der Waals surface area contributed by atoms with E-state index in [1.54, 1.807) is 37.5 Å². The molecule has 1 N–H and O–H groups in total. The maximum Gasteiger partial charge on any atom is 0.332 e. The Morgan fingerprint density at radius 2 is 1.77 bits per heavy atom. The molecule has 0 fully saturated rings. The molecule has 0 unspecified atom stereocenters. The summed E-state index contributed by atoms with van der Waals surface area (Å²) in [5.41, 5.74) is 1.40. The number of rotatable bonds is 6. The highest BCUT2D eigenvalue weighted by Crippen LogP contribution is 2.28. The summed E-state index contributed by atoms with van der Waals surface area (Å²) in [6.45, 7) is 3.42. The summed E-state index contributed by atoms with van der Waals surface area (Å²) in [4.78, 5) is 53.8. The number of ketones is 1. The normalized spacial score (nSPS) is 10.9. The topological polar surface area (TPSA) is 103 Å². The number of hydrogen-bond donors (Lipinski definition) is 1. The molecule has 2 aromatic heterocycles. The van der Waals surface area contributed by atoms with Gasteiger partial charge in [0.15, 0.2) is 5.78 Å². The number of amides is 1. The van der Waals surface area contributed by atoms with Crippen molar-refractivity contribution in [3.63, 3.8) is 0 Å². The van der Waals surface area contributed by atoms with Crippen molar-refractivity contribution >= 4 is 40.2 Å². The lowest BCUT2D eigenvalue weighted by Gasteiger charge is -2.13. The first-order valence-electron chi connectivity index (χ1n) is 9.35. The standard InChI is InChI=1S/C21H22N4O4S/c1-5-13-10-22-19-17(20(28)25(4)21(29)24(19)3)18(13)30-11-16(27)23-15-8-6-14(7-9-15)12(2)26/h6-10H,5,11H2,1-4H3,(H,23,27). The highest BCUT2D eigenvalue weighted by molar-refractivity contribution is 8.00. The lowest BCUT2D eigenvalue weighted by atomic mass is 10.1. The Morgan fingerprint density at radius 3 is 2.37 bits per heavy atom. The summed E-state index contributed by atoms with van der Waals surface area (Å²) >= 11 is 1.24. The zero-order valence-electron chi connectivity index (χ0n) is 17.2. The molecule has 0 saturated carbocycles. The minimum Gasteiger partial charge on any atom is -0.325 e. The van der Waals surface area contributed by atoms with E-state index >= 15 is 0 Å². The van der Waals surface area contributed by atoms with Crippen LogP contribution in [-0.4, -0.2) is 31.6 Å². The van der Waals surface area contributed by atoms with Crippen molar-refractivity contribution < 1.29 is 9.59 Å². The number of carbonyl (C=O) groups excluding carboxylic acids is 2. The molecule has 0 atom stereocenters. The maximum absolute atomic E-state index is 12.8. The lowest BCUT2D eigenvalue weighted by Crippen LogP contribution is -2.37. The Bertz CT molecular complexity index is 1260. The van der Waals surface area contributed by atoms with Crippen LogP contribution in [0.15, 0.2) is 44.9 Å². The van der Waals surface area contributed by atoms with E-state index in [1.165, 1.54) is 30.3 Å². The van der Waals surface area contributed by atoms with Crippen LogP contribution in [0.4, 0.5) is 5.69 Å². The minimum absolute atomic E-state index is 0.0453. The van der Waals surface area contributed by atoms with Crippen molar-refractivity contribution in [3.8, 4) is 0 Å². The molecule has 0 aliphatic rings. The van der Waals surface area contributed by atoms with E-state index < -0.39 is 11.2 Å². The van der Waals surface area contributed by atoms with Gasteiger partial charge in [-0.25, -0.2) is 9.78 Å². The Hall–Kier alpha value is -3.20. The van der Waals surface area contributed by atoms with Crippen LogP contribution in [-0.2, 0) is 25.3 Å². The van der Waals surface area contributed by atoms with Crippen LogP contribution in [0.25, 0.3) is 11.0 Å². The number of benzene rings is 1. The van der Waals surface area contributed by atoms with Crippen molar-refractivity contribution in [2.45, 2.75) is 25.2 Å². The predicted molar refractivity (Wildman–Crippen MR) is 117 cm³/mol. The fourth-order valence-electron chi connectivity index (χ4n) is 3.08. The van der Waals surface area contributed by atoms with E-state index in [0.29, 0.717) is 33.6 Å². The van der Waals surface area contributed by atoms with Crippen molar-refractivity contribution in [2.75, 3.05) is 11.1 Å². The number of Topliss-reactive ketones (excluding diaryl/α,β-unsaturated/α-hetero) is 1. The van der Waals surface area contributed by atoms with Gasteiger partial charge in [0.1, 0.15) is 5.65 Å². The molecule has 3 aromatic rings. The van der Waals surface area contributed by atoms with Crippen LogP contribution in [0.5, 0.6) is 0 Å². The van der Waals surface area contributed by atoms with E-state index in [2.05, 4.69) is 10.3 Å². The van der Waals surface area contributed by atoms with Gasteiger partial charge in [0.25, 0.3) is 5.56 Å². The molecular weight excluding hydrogens is 404 g/mol. The van der Waals surface area contributed by atoms with Crippen LogP contribution < -0.4 is 16.6 Å². The van der Waals surface area contributed by atoms with Crippen LogP contribution in [0.3, 0.4) is 0 Å². The Balaban J connectivity index is 1.89. The number of nitrogens with one attached hydrogen (secondary N) is 1. The van der Waals surface area contributed by atoms with Gasteiger partial charge >= 0.3 is 5.69 Å². The Labute approximate surface area is 176 Å². The average molecular weight is 426 g/mol. The van der Waals surface area contributed by atoms with Gasteiger partial charge in [0.2, 0.25) is 5.91 Å². The highest BCUT2D eigenvalue weighted by Gasteiger charge is 2.18. The third-order valence-electron chi connectivity index (χ3n) is 4.80. The second-order valence-corrected chi connectivity index (χ2v) is 7.83. The third kappa shape index (κ3) is 4.06.